The fraction of sp³-hybridized carbons (Fsp3) is 0.579. The molecule has 124 valence electrons. The lowest BCUT2D eigenvalue weighted by atomic mass is 9.84. The fourth-order valence-corrected chi connectivity index (χ4v) is 3.68. The Kier molecular flexibility index (Phi) is 5.31. The van der Waals surface area contributed by atoms with Crippen molar-refractivity contribution in [2.45, 2.75) is 50.9 Å². The number of amides is 2. The molecule has 3 rings (SSSR count). The van der Waals surface area contributed by atoms with Crippen LogP contribution in [0.2, 0.25) is 0 Å². The van der Waals surface area contributed by atoms with Crippen LogP contribution in [0.1, 0.15) is 66.8 Å². The van der Waals surface area contributed by atoms with Crippen molar-refractivity contribution in [3.05, 3.63) is 35.4 Å². The largest absolute Gasteiger partial charge is 0.343 e. The molecular weight excluding hydrogens is 288 g/mol. The van der Waals surface area contributed by atoms with Gasteiger partial charge < -0.3 is 10.2 Å². The Balaban J connectivity index is 1.51. The van der Waals surface area contributed by atoms with Crippen LogP contribution in [0.3, 0.4) is 0 Å². The van der Waals surface area contributed by atoms with E-state index in [-0.39, 0.29) is 18.4 Å². The zero-order chi connectivity index (χ0) is 16.1. The van der Waals surface area contributed by atoms with Crippen LogP contribution in [0.4, 0.5) is 0 Å². The third-order valence-electron chi connectivity index (χ3n) is 5.11. The molecule has 4 heteroatoms. The average Bonchev–Trinajstić information content (AvgIpc) is 3.15. The van der Waals surface area contributed by atoms with Gasteiger partial charge in [0.05, 0.1) is 6.54 Å². The van der Waals surface area contributed by atoms with Crippen LogP contribution in [-0.2, 0) is 4.79 Å². The summed E-state index contributed by atoms with van der Waals surface area (Å²) in [5.41, 5.74) is 1.98. The molecule has 1 N–H and O–H groups in total. The van der Waals surface area contributed by atoms with Crippen molar-refractivity contribution >= 4 is 11.8 Å². The molecule has 4 nitrogen and oxygen atoms in total. The first kappa shape index (κ1) is 16.0. The quantitative estimate of drug-likeness (QED) is 0.928. The summed E-state index contributed by atoms with van der Waals surface area (Å²) >= 11 is 0. The van der Waals surface area contributed by atoms with Gasteiger partial charge in [-0.25, -0.2) is 0 Å². The van der Waals surface area contributed by atoms with E-state index >= 15 is 0 Å². The van der Waals surface area contributed by atoms with Crippen LogP contribution < -0.4 is 5.32 Å². The third kappa shape index (κ3) is 4.12. The molecule has 0 atom stereocenters. The van der Waals surface area contributed by atoms with Crippen LogP contribution in [0, 0.1) is 0 Å². The van der Waals surface area contributed by atoms with Gasteiger partial charge in [-0.3, -0.25) is 9.59 Å². The highest BCUT2D eigenvalue weighted by molar-refractivity contribution is 5.96. The number of nitrogens with one attached hydrogen (secondary N) is 1. The van der Waals surface area contributed by atoms with Crippen molar-refractivity contribution in [1.29, 1.82) is 0 Å². The van der Waals surface area contributed by atoms with Gasteiger partial charge in [0.25, 0.3) is 5.91 Å². The zero-order valence-electron chi connectivity index (χ0n) is 13.7. The molecule has 0 radical (unpaired) electrons. The highest BCUT2D eigenvalue weighted by Gasteiger charge is 2.19. The monoisotopic (exact) mass is 314 g/mol. The van der Waals surface area contributed by atoms with Gasteiger partial charge in [-0.15, -0.1) is 0 Å². The second kappa shape index (κ2) is 7.62. The number of benzene rings is 1. The van der Waals surface area contributed by atoms with Crippen molar-refractivity contribution in [3.63, 3.8) is 0 Å². The van der Waals surface area contributed by atoms with Crippen molar-refractivity contribution in [2.75, 3.05) is 19.6 Å². The molecule has 2 amide bonds. The Labute approximate surface area is 138 Å². The molecule has 2 fully saturated rings. The van der Waals surface area contributed by atoms with Gasteiger partial charge in [0, 0.05) is 18.7 Å². The third-order valence-corrected chi connectivity index (χ3v) is 5.11. The Morgan fingerprint density at radius 2 is 1.61 bits per heavy atom. The van der Waals surface area contributed by atoms with E-state index in [0.717, 1.165) is 25.9 Å². The highest BCUT2D eigenvalue weighted by Crippen LogP contribution is 2.32. The molecule has 0 unspecified atom stereocenters. The molecule has 2 aliphatic rings. The molecule has 1 saturated carbocycles. The summed E-state index contributed by atoms with van der Waals surface area (Å²) in [6.07, 6.45) is 8.63. The zero-order valence-corrected chi connectivity index (χ0v) is 13.7. The molecule has 0 aromatic heterocycles. The number of rotatable bonds is 4. The van der Waals surface area contributed by atoms with E-state index in [1.807, 2.05) is 17.0 Å². The van der Waals surface area contributed by atoms with Crippen LogP contribution >= 0.6 is 0 Å². The Morgan fingerprint density at radius 1 is 0.957 bits per heavy atom. The van der Waals surface area contributed by atoms with Gasteiger partial charge in [0.2, 0.25) is 5.91 Å². The number of carbonyl (C=O) groups excluding carboxylic acids is 2. The molecule has 1 aromatic carbocycles. The summed E-state index contributed by atoms with van der Waals surface area (Å²) in [7, 11) is 0. The summed E-state index contributed by atoms with van der Waals surface area (Å²) in [5, 5.41) is 2.74. The first-order valence-corrected chi connectivity index (χ1v) is 8.90. The number of hydrogen-bond acceptors (Lipinski definition) is 2. The summed E-state index contributed by atoms with van der Waals surface area (Å²) in [6, 6.07) is 7.93. The summed E-state index contributed by atoms with van der Waals surface area (Å²) in [5.74, 6) is 0.514. The average molecular weight is 314 g/mol. The van der Waals surface area contributed by atoms with Gasteiger partial charge in [-0.1, -0.05) is 31.4 Å². The lowest BCUT2D eigenvalue weighted by Crippen LogP contribution is -2.38. The van der Waals surface area contributed by atoms with Crippen molar-refractivity contribution in [2.24, 2.45) is 0 Å². The second-order valence-electron chi connectivity index (χ2n) is 6.73. The van der Waals surface area contributed by atoms with Gasteiger partial charge in [-0.05, 0) is 49.3 Å². The highest BCUT2D eigenvalue weighted by atomic mass is 16.2. The molecule has 23 heavy (non-hydrogen) atoms. The topological polar surface area (TPSA) is 49.4 Å². The minimum atomic E-state index is -0.159. The van der Waals surface area contributed by atoms with E-state index < -0.39 is 0 Å². The molecule has 1 aromatic rings. The first-order chi connectivity index (χ1) is 11.2. The predicted molar refractivity (Wildman–Crippen MR) is 90.4 cm³/mol. The summed E-state index contributed by atoms with van der Waals surface area (Å²) in [4.78, 5) is 25.9. The standard InChI is InChI=1S/C19H26N2O2/c22-18(21-12-4-5-13-21)14-20-19(23)17-10-8-16(9-11-17)15-6-2-1-3-7-15/h8-11,15H,1-7,12-14H2,(H,20,23). The smallest absolute Gasteiger partial charge is 0.251 e. The van der Waals surface area contributed by atoms with Gasteiger partial charge >= 0.3 is 0 Å². The molecule has 1 aliphatic heterocycles. The molecular formula is C19H26N2O2. The lowest BCUT2D eigenvalue weighted by Gasteiger charge is -2.22. The van der Waals surface area contributed by atoms with Gasteiger partial charge in [-0.2, -0.15) is 0 Å². The number of nitrogens with zero attached hydrogens (tertiary/aromatic N) is 1. The van der Waals surface area contributed by atoms with E-state index in [2.05, 4.69) is 17.4 Å². The first-order valence-electron chi connectivity index (χ1n) is 8.90. The van der Waals surface area contributed by atoms with E-state index in [9.17, 15) is 9.59 Å². The van der Waals surface area contributed by atoms with Crippen LogP contribution in [0.15, 0.2) is 24.3 Å². The normalized spacial score (nSPS) is 18.9. The number of carbonyl (C=O) groups is 2. The van der Waals surface area contributed by atoms with Crippen molar-refractivity contribution in [1.82, 2.24) is 10.2 Å². The maximum atomic E-state index is 12.2. The predicted octanol–water partition coefficient (Wildman–Crippen LogP) is 3.09. The summed E-state index contributed by atoms with van der Waals surface area (Å²) < 4.78 is 0. The van der Waals surface area contributed by atoms with Crippen molar-refractivity contribution in [3.8, 4) is 0 Å². The van der Waals surface area contributed by atoms with Gasteiger partial charge in [0.15, 0.2) is 0 Å². The van der Waals surface area contributed by atoms with Crippen LogP contribution in [0.25, 0.3) is 0 Å². The molecule has 1 aliphatic carbocycles. The maximum Gasteiger partial charge on any atom is 0.251 e. The van der Waals surface area contributed by atoms with E-state index in [1.54, 1.807) is 0 Å². The lowest BCUT2D eigenvalue weighted by molar-refractivity contribution is -0.129. The molecule has 1 heterocycles. The van der Waals surface area contributed by atoms with E-state index in [0.29, 0.717) is 11.5 Å². The number of likely N-dealkylation sites (tertiary alicyclic amines) is 1. The SMILES string of the molecule is O=C(NCC(=O)N1CCCC1)c1ccc(C2CCCCC2)cc1. The van der Waals surface area contributed by atoms with E-state index in [1.165, 1.54) is 37.7 Å². The molecule has 0 bridgehead atoms. The Bertz CT molecular complexity index is 541. The van der Waals surface area contributed by atoms with Crippen LogP contribution in [0.5, 0.6) is 0 Å². The fourth-order valence-electron chi connectivity index (χ4n) is 3.68. The Hall–Kier alpha value is -1.84. The second-order valence-corrected chi connectivity index (χ2v) is 6.73. The van der Waals surface area contributed by atoms with Crippen LogP contribution in [-0.4, -0.2) is 36.3 Å². The number of hydrogen-bond donors (Lipinski definition) is 1. The van der Waals surface area contributed by atoms with E-state index in [4.69, 9.17) is 0 Å². The molecule has 0 spiro atoms. The van der Waals surface area contributed by atoms with Crippen molar-refractivity contribution < 1.29 is 9.59 Å². The maximum absolute atomic E-state index is 12.2. The minimum absolute atomic E-state index is 0.0228. The Morgan fingerprint density at radius 3 is 2.26 bits per heavy atom. The summed E-state index contributed by atoms with van der Waals surface area (Å²) in [6.45, 7) is 1.75. The minimum Gasteiger partial charge on any atom is -0.343 e. The molecule has 1 saturated heterocycles. The van der Waals surface area contributed by atoms with Gasteiger partial charge in [0.1, 0.15) is 0 Å².